The van der Waals surface area contributed by atoms with Crippen LogP contribution in [0.2, 0.25) is 0 Å². The lowest BCUT2D eigenvalue weighted by atomic mass is 10.1. The van der Waals surface area contributed by atoms with Crippen LogP contribution in [0.25, 0.3) is 0 Å². The molecule has 2 amide bonds. The fourth-order valence-corrected chi connectivity index (χ4v) is 2.38. The molecular formula is C13H14N4O. The van der Waals surface area contributed by atoms with Crippen LogP contribution in [0, 0.1) is 0 Å². The Hall–Kier alpha value is -2.30. The standard InChI is InChI=1S/C13H14N4O/c1-9-6-10-4-2-3-5-12(10)17(9)13(18)16-11-7-14-15-8-11/h2-5,7-9H,6H2,1H3,(H,14,15)(H,16,18). The molecule has 1 unspecified atom stereocenters. The Morgan fingerprint density at radius 3 is 3.11 bits per heavy atom. The molecule has 1 aliphatic heterocycles. The number of para-hydroxylation sites is 1. The summed E-state index contributed by atoms with van der Waals surface area (Å²) in [5.74, 6) is 0. The molecule has 0 radical (unpaired) electrons. The van der Waals surface area contributed by atoms with Crippen molar-refractivity contribution in [1.29, 1.82) is 0 Å². The number of carbonyl (C=O) groups excluding carboxylic acids is 1. The van der Waals surface area contributed by atoms with E-state index in [2.05, 4.69) is 28.5 Å². The lowest BCUT2D eigenvalue weighted by Crippen LogP contribution is -2.38. The second-order valence-electron chi connectivity index (χ2n) is 4.47. The zero-order valence-corrected chi connectivity index (χ0v) is 10.1. The maximum absolute atomic E-state index is 12.3. The molecular weight excluding hydrogens is 228 g/mol. The van der Waals surface area contributed by atoms with Gasteiger partial charge in [-0.3, -0.25) is 10.00 Å². The normalized spacial score (nSPS) is 17.6. The SMILES string of the molecule is CC1Cc2ccccc2N1C(=O)Nc1cn[nH]c1. The Bertz CT molecular complexity index is 564. The lowest BCUT2D eigenvalue weighted by Gasteiger charge is -2.22. The first-order chi connectivity index (χ1) is 8.75. The molecule has 2 aromatic rings. The fourth-order valence-electron chi connectivity index (χ4n) is 2.38. The summed E-state index contributed by atoms with van der Waals surface area (Å²) in [6.07, 6.45) is 4.14. The number of H-pyrrole nitrogens is 1. The molecule has 2 N–H and O–H groups in total. The van der Waals surface area contributed by atoms with Crippen LogP contribution >= 0.6 is 0 Å². The van der Waals surface area contributed by atoms with E-state index in [1.165, 1.54) is 5.56 Å². The average Bonchev–Trinajstić information content (AvgIpc) is 2.94. The predicted octanol–water partition coefficient (Wildman–Crippen LogP) is 2.39. The van der Waals surface area contributed by atoms with Crippen LogP contribution in [-0.2, 0) is 6.42 Å². The molecule has 92 valence electrons. The van der Waals surface area contributed by atoms with Gasteiger partial charge >= 0.3 is 6.03 Å². The van der Waals surface area contributed by atoms with Gasteiger partial charge in [0, 0.05) is 17.9 Å². The maximum atomic E-state index is 12.3. The highest BCUT2D eigenvalue weighted by atomic mass is 16.2. The quantitative estimate of drug-likeness (QED) is 0.806. The van der Waals surface area contributed by atoms with Crippen molar-refractivity contribution < 1.29 is 4.79 Å². The third-order valence-electron chi connectivity index (χ3n) is 3.18. The van der Waals surface area contributed by atoms with Crippen molar-refractivity contribution in [3.05, 3.63) is 42.2 Å². The molecule has 5 nitrogen and oxygen atoms in total. The number of carbonyl (C=O) groups is 1. The molecule has 3 rings (SSSR count). The molecule has 0 saturated heterocycles. The maximum Gasteiger partial charge on any atom is 0.326 e. The van der Waals surface area contributed by atoms with E-state index in [0.29, 0.717) is 5.69 Å². The molecule has 0 saturated carbocycles. The largest absolute Gasteiger partial charge is 0.326 e. The highest BCUT2D eigenvalue weighted by molar-refractivity contribution is 6.03. The van der Waals surface area contributed by atoms with E-state index in [-0.39, 0.29) is 12.1 Å². The van der Waals surface area contributed by atoms with Crippen molar-refractivity contribution in [3.8, 4) is 0 Å². The van der Waals surface area contributed by atoms with Crippen molar-refractivity contribution in [3.63, 3.8) is 0 Å². The number of urea groups is 1. The number of rotatable bonds is 1. The molecule has 0 bridgehead atoms. The number of benzene rings is 1. The highest BCUT2D eigenvalue weighted by Gasteiger charge is 2.30. The zero-order chi connectivity index (χ0) is 12.5. The first-order valence-electron chi connectivity index (χ1n) is 5.92. The minimum atomic E-state index is -0.117. The lowest BCUT2D eigenvalue weighted by molar-refractivity contribution is 0.256. The number of aromatic nitrogens is 2. The summed E-state index contributed by atoms with van der Waals surface area (Å²) < 4.78 is 0. The molecule has 1 aromatic carbocycles. The van der Waals surface area contributed by atoms with E-state index in [1.807, 2.05) is 18.2 Å². The first kappa shape index (κ1) is 10.8. The molecule has 0 aliphatic carbocycles. The molecule has 18 heavy (non-hydrogen) atoms. The molecule has 0 spiro atoms. The molecule has 2 heterocycles. The van der Waals surface area contributed by atoms with Crippen LogP contribution in [0.1, 0.15) is 12.5 Å². The van der Waals surface area contributed by atoms with Gasteiger partial charge in [-0.15, -0.1) is 0 Å². The minimum Gasteiger partial charge on any atom is -0.305 e. The van der Waals surface area contributed by atoms with Gasteiger partial charge in [-0.05, 0) is 25.0 Å². The molecule has 1 aliphatic rings. The summed E-state index contributed by atoms with van der Waals surface area (Å²) in [5.41, 5.74) is 2.88. The smallest absolute Gasteiger partial charge is 0.305 e. The van der Waals surface area contributed by atoms with E-state index in [1.54, 1.807) is 17.3 Å². The van der Waals surface area contributed by atoms with Gasteiger partial charge in [0.25, 0.3) is 0 Å². The number of aromatic amines is 1. The minimum absolute atomic E-state index is 0.117. The second kappa shape index (κ2) is 4.18. The topological polar surface area (TPSA) is 61.0 Å². The predicted molar refractivity (Wildman–Crippen MR) is 69.7 cm³/mol. The van der Waals surface area contributed by atoms with E-state index in [0.717, 1.165) is 12.1 Å². The van der Waals surface area contributed by atoms with Gasteiger partial charge in [0.2, 0.25) is 0 Å². The summed E-state index contributed by atoms with van der Waals surface area (Å²) in [5, 5.41) is 9.31. The van der Waals surface area contributed by atoms with E-state index < -0.39 is 0 Å². The van der Waals surface area contributed by atoms with Gasteiger partial charge in [0.1, 0.15) is 0 Å². The number of nitrogens with one attached hydrogen (secondary N) is 2. The van der Waals surface area contributed by atoms with Crippen LogP contribution in [0.15, 0.2) is 36.7 Å². The molecule has 1 atom stereocenters. The van der Waals surface area contributed by atoms with Gasteiger partial charge in [-0.25, -0.2) is 4.79 Å². The van der Waals surface area contributed by atoms with E-state index in [4.69, 9.17) is 0 Å². The molecule has 0 fully saturated rings. The van der Waals surface area contributed by atoms with E-state index in [9.17, 15) is 4.79 Å². The van der Waals surface area contributed by atoms with Gasteiger partial charge in [-0.1, -0.05) is 18.2 Å². The van der Waals surface area contributed by atoms with Crippen molar-refractivity contribution in [2.75, 3.05) is 10.2 Å². The van der Waals surface area contributed by atoms with Crippen LogP contribution < -0.4 is 10.2 Å². The molecule has 5 heteroatoms. The average molecular weight is 242 g/mol. The third kappa shape index (κ3) is 1.73. The summed E-state index contributed by atoms with van der Waals surface area (Å²) in [6, 6.07) is 8.06. The van der Waals surface area contributed by atoms with Crippen LogP contribution in [0.5, 0.6) is 0 Å². The number of fused-ring (bicyclic) bond motifs is 1. The van der Waals surface area contributed by atoms with Crippen LogP contribution in [0.3, 0.4) is 0 Å². The van der Waals surface area contributed by atoms with Gasteiger partial charge in [-0.2, -0.15) is 5.10 Å². The second-order valence-corrected chi connectivity index (χ2v) is 4.47. The van der Waals surface area contributed by atoms with Crippen LogP contribution in [0.4, 0.5) is 16.2 Å². The van der Waals surface area contributed by atoms with Gasteiger partial charge in [0.05, 0.1) is 11.9 Å². The fraction of sp³-hybridized carbons (Fsp3) is 0.231. The van der Waals surface area contributed by atoms with Crippen molar-refractivity contribution >= 4 is 17.4 Å². The summed E-state index contributed by atoms with van der Waals surface area (Å²) >= 11 is 0. The van der Waals surface area contributed by atoms with Crippen molar-refractivity contribution in [1.82, 2.24) is 10.2 Å². The summed E-state index contributed by atoms with van der Waals surface area (Å²) in [7, 11) is 0. The number of amides is 2. The third-order valence-corrected chi connectivity index (χ3v) is 3.18. The Balaban J connectivity index is 1.86. The number of anilines is 2. The zero-order valence-electron chi connectivity index (χ0n) is 10.1. The Kier molecular flexibility index (Phi) is 2.51. The van der Waals surface area contributed by atoms with Crippen molar-refractivity contribution in [2.45, 2.75) is 19.4 Å². The van der Waals surface area contributed by atoms with Gasteiger partial charge in [0.15, 0.2) is 0 Å². The Labute approximate surface area is 105 Å². The first-order valence-corrected chi connectivity index (χ1v) is 5.92. The van der Waals surface area contributed by atoms with E-state index >= 15 is 0 Å². The number of hydrogen-bond donors (Lipinski definition) is 2. The Morgan fingerprint density at radius 1 is 1.50 bits per heavy atom. The monoisotopic (exact) mass is 242 g/mol. The van der Waals surface area contributed by atoms with Gasteiger partial charge < -0.3 is 5.32 Å². The summed E-state index contributed by atoms with van der Waals surface area (Å²) in [6.45, 7) is 2.05. The van der Waals surface area contributed by atoms with Crippen LogP contribution in [-0.4, -0.2) is 22.3 Å². The number of nitrogens with zero attached hydrogens (tertiary/aromatic N) is 2. The highest BCUT2D eigenvalue weighted by Crippen LogP contribution is 2.32. The Morgan fingerprint density at radius 2 is 2.33 bits per heavy atom. The molecule has 1 aromatic heterocycles. The van der Waals surface area contributed by atoms with Crippen molar-refractivity contribution in [2.24, 2.45) is 0 Å². The number of hydrogen-bond acceptors (Lipinski definition) is 2. The summed E-state index contributed by atoms with van der Waals surface area (Å²) in [4.78, 5) is 14.1.